The summed E-state index contributed by atoms with van der Waals surface area (Å²) in [6, 6.07) is 7.28. The van der Waals surface area contributed by atoms with Crippen molar-refractivity contribution in [3.8, 4) is 11.5 Å². The number of amides is 2. The molecule has 1 aliphatic heterocycles. The maximum atomic E-state index is 12.1. The summed E-state index contributed by atoms with van der Waals surface area (Å²) in [5.41, 5.74) is 2.04. The summed E-state index contributed by atoms with van der Waals surface area (Å²) >= 11 is 1.45. The Morgan fingerprint density at radius 1 is 1.22 bits per heavy atom. The number of ether oxygens (including phenoxy) is 2. The Bertz CT molecular complexity index is 968. The molecule has 8 nitrogen and oxygen atoms in total. The Kier molecular flexibility index (Phi) is 4.75. The van der Waals surface area contributed by atoms with Gasteiger partial charge in [0.05, 0.1) is 17.4 Å². The van der Waals surface area contributed by atoms with E-state index >= 15 is 0 Å². The molecule has 0 saturated heterocycles. The maximum absolute atomic E-state index is 12.1. The smallest absolute Gasteiger partial charge is 0.256 e. The van der Waals surface area contributed by atoms with E-state index < -0.39 is 0 Å². The highest BCUT2D eigenvalue weighted by atomic mass is 32.1. The zero-order chi connectivity index (χ0) is 18.6. The molecule has 3 heterocycles. The summed E-state index contributed by atoms with van der Waals surface area (Å²) in [7, 11) is 0. The van der Waals surface area contributed by atoms with Gasteiger partial charge in [-0.2, -0.15) is 16.4 Å². The van der Waals surface area contributed by atoms with Crippen LogP contribution in [0.4, 0.5) is 5.69 Å². The van der Waals surface area contributed by atoms with Crippen LogP contribution in [0.2, 0.25) is 0 Å². The second kappa shape index (κ2) is 7.50. The van der Waals surface area contributed by atoms with Crippen molar-refractivity contribution in [1.82, 2.24) is 15.1 Å². The Balaban J connectivity index is 1.28. The first-order chi connectivity index (χ1) is 13.2. The molecule has 9 heteroatoms. The van der Waals surface area contributed by atoms with E-state index in [1.54, 1.807) is 17.6 Å². The Morgan fingerprint density at radius 2 is 2.11 bits per heavy atom. The van der Waals surface area contributed by atoms with Gasteiger partial charge in [0.25, 0.3) is 5.91 Å². The van der Waals surface area contributed by atoms with Crippen molar-refractivity contribution in [2.24, 2.45) is 0 Å². The standard InChI is InChI=1S/C18H16N4O4S/c23-17(19-6-12-1-2-15-16(5-12)26-11-25-15)9-22-8-14(7-20-22)21-18(24)13-3-4-27-10-13/h1-5,7-8,10H,6,9,11H2,(H,19,23)(H,21,24). The Hall–Kier alpha value is -3.33. The number of hydrogen-bond acceptors (Lipinski definition) is 6. The summed E-state index contributed by atoms with van der Waals surface area (Å²) in [4.78, 5) is 24.1. The lowest BCUT2D eigenvalue weighted by molar-refractivity contribution is -0.122. The average molecular weight is 384 g/mol. The van der Waals surface area contributed by atoms with Crippen molar-refractivity contribution < 1.29 is 19.1 Å². The first kappa shape index (κ1) is 17.1. The van der Waals surface area contributed by atoms with Crippen LogP contribution in [0.5, 0.6) is 11.5 Å². The molecule has 2 aromatic heterocycles. The summed E-state index contributed by atoms with van der Waals surface area (Å²) in [5.74, 6) is 0.994. The van der Waals surface area contributed by atoms with E-state index in [2.05, 4.69) is 15.7 Å². The number of aromatic nitrogens is 2. The molecule has 0 aliphatic carbocycles. The SMILES string of the molecule is O=C(Cn1cc(NC(=O)c2ccsc2)cn1)NCc1ccc2c(c1)OCO2. The first-order valence-corrected chi connectivity index (χ1v) is 9.13. The van der Waals surface area contributed by atoms with Crippen LogP contribution in [0.15, 0.2) is 47.4 Å². The fraction of sp³-hybridized carbons (Fsp3) is 0.167. The van der Waals surface area contributed by atoms with Crippen LogP contribution in [0.3, 0.4) is 0 Å². The highest BCUT2D eigenvalue weighted by Crippen LogP contribution is 2.32. The number of fused-ring (bicyclic) bond motifs is 1. The lowest BCUT2D eigenvalue weighted by Crippen LogP contribution is -2.27. The Labute approximate surface area is 158 Å². The highest BCUT2D eigenvalue weighted by Gasteiger charge is 2.14. The maximum Gasteiger partial charge on any atom is 0.256 e. The van der Waals surface area contributed by atoms with Crippen LogP contribution >= 0.6 is 11.3 Å². The number of anilines is 1. The molecule has 3 aromatic rings. The normalized spacial score (nSPS) is 12.0. The van der Waals surface area contributed by atoms with Gasteiger partial charge in [0.1, 0.15) is 6.54 Å². The predicted molar refractivity (Wildman–Crippen MR) is 98.9 cm³/mol. The molecule has 0 atom stereocenters. The van der Waals surface area contributed by atoms with E-state index in [0.717, 1.165) is 5.56 Å². The first-order valence-electron chi connectivity index (χ1n) is 8.18. The molecular weight excluding hydrogens is 368 g/mol. The molecule has 0 fully saturated rings. The average Bonchev–Trinajstić information content (AvgIpc) is 3.41. The number of nitrogens with one attached hydrogen (secondary N) is 2. The van der Waals surface area contributed by atoms with Gasteiger partial charge in [0.15, 0.2) is 11.5 Å². The van der Waals surface area contributed by atoms with Crippen molar-refractivity contribution in [1.29, 1.82) is 0 Å². The molecule has 0 spiro atoms. The molecule has 0 radical (unpaired) electrons. The molecule has 27 heavy (non-hydrogen) atoms. The zero-order valence-corrected chi connectivity index (χ0v) is 15.0. The third-order valence-corrected chi connectivity index (χ3v) is 4.59. The summed E-state index contributed by atoms with van der Waals surface area (Å²) in [6.07, 6.45) is 3.12. The number of rotatable bonds is 6. The fourth-order valence-electron chi connectivity index (χ4n) is 2.57. The van der Waals surface area contributed by atoms with Crippen LogP contribution in [-0.2, 0) is 17.9 Å². The van der Waals surface area contributed by atoms with Crippen molar-refractivity contribution in [2.75, 3.05) is 12.1 Å². The summed E-state index contributed by atoms with van der Waals surface area (Å²) in [5, 5.41) is 13.3. The molecule has 2 amide bonds. The van der Waals surface area contributed by atoms with E-state index in [4.69, 9.17) is 9.47 Å². The molecule has 2 N–H and O–H groups in total. The van der Waals surface area contributed by atoms with Crippen LogP contribution in [0.25, 0.3) is 0 Å². The number of carbonyl (C=O) groups excluding carboxylic acids is 2. The third-order valence-electron chi connectivity index (χ3n) is 3.91. The number of thiophene rings is 1. The lowest BCUT2D eigenvalue weighted by atomic mass is 10.2. The third kappa shape index (κ3) is 4.09. The molecule has 4 rings (SSSR count). The number of nitrogens with zero attached hydrogens (tertiary/aromatic N) is 2. The number of hydrogen-bond donors (Lipinski definition) is 2. The summed E-state index contributed by atoms with van der Waals surface area (Å²) < 4.78 is 12.1. The van der Waals surface area contributed by atoms with Gasteiger partial charge in [-0.05, 0) is 29.1 Å². The van der Waals surface area contributed by atoms with Crippen LogP contribution < -0.4 is 20.1 Å². The number of carbonyl (C=O) groups is 2. The quantitative estimate of drug-likeness (QED) is 0.680. The van der Waals surface area contributed by atoms with E-state index in [0.29, 0.717) is 29.3 Å². The molecule has 1 aliphatic rings. The molecule has 0 saturated carbocycles. The Morgan fingerprint density at radius 3 is 2.96 bits per heavy atom. The van der Waals surface area contributed by atoms with Gasteiger partial charge in [-0.15, -0.1) is 0 Å². The van der Waals surface area contributed by atoms with E-state index in [-0.39, 0.29) is 25.2 Å². The van der Waals surface area contributed by atoms with E-state index in [9.17, 15) is 9.59 Å². The topological polar surface area (TPSA) is 94.5 Å². The van der Waals surface area contributed by atoms with Gasteiger partial charge < -0.3 is 20.1 Å². The van der Waals surface area contributed by atoms with Gasteiger partial charge in [-0.1, -0.05) is 6.07 Å². The zero-order valence-electron chi connectivity index (χ0n) is 14.2. The van der Waals surface area contributed by atoms with Crippen LogP contribution in [-0.4, -0.2) is 28.4 Å². The van der Waals surface area contributed by atoms with Crippen molar-refractivity contribution >= 4 is 28.8 Å². The van der Waals surface area contributed by atoms with Gasteiger partial charge in [-0.25, -0.2) is 0 Å². The van der Waals surface area contributed by atoms with Crippen LogP contribution in [0, 0.1) is 0 Å². The van der Waals surface area contributed by atoms with Gasteiger partial charge in [-0.3, -0.25) is 14.3 Å². The monoisotopic (exact) mass is 384 g/mol. The van der Waals surface area contributed by atoms with Crippen molar-refractivity contribution in [3.05, 3.63) is 58.5 Å². The van der Waals surface area contributed by atoms with Crippen molar-refractivity contribution in [3.63, 3.8) is 0 Å². The minimum Gasteiger partial charge on any atom is -0.454 e. The molecule has 0 bridgehead atoms. The van der Waals surface area contributed by atoms with Gasteiger partial charge in [0.2, 0.25) is 12.7 Å². The predicted octanol–water partition coefficient (Wildman–Crippen LogP) is 2.24. The van der Waals surface area contributed by atoms with E-state index in [1.807, 2.05) is 23.6 Å². The fourth-order valence-corrected chi connectivity index (χ4v) is 3.20. The van der Waals surface area contributed by atoms with Gasteiger partial charge >= 0.3 is 0 Å². The molecular formula is C18H16N4O4S. The van der Waals surface area contributed by atoms with Crippen LogP contribution in [0.1, 0.15) is 15.9 Å². The second-order valence-corrected chi connectivity index (χ2v) is 6.64. The molecule has 1 aromatic carbocycles. The lowest BCUT2D eigenvalue weighted by Gasteiger charge is -2.06. The summed E-state index contributed by atoms with van der Waals surface area (Å²) in [6.45, 7) is 0.646. The van der Waals surface area contributed by atoms with E-state index in [1.165, 1.54) is 22.2 Å². The highest BCUT2D eigenvalue weighted by molar-refractivity contribution is 7.08. The molecule has 138 valence electrons. The molecule has 0 unspecified atom stereocenters. The van der Waals surface area contributed by atoms with Gasteiger partial charge in [0, 0.05) is 18.1 Å². The minimum absolute atomic E-state index is 0.0544. The second-order valence-electron chi connectivity index (χ2n) is 5.86. The van der Waals surface area contributed by atoms with Crippen molar-refractivity contribution in [2.45, 2.75) is 13.1 Å². The minimum atomic E-state index is -0.206. The largest absolute Gasteiger partial charge is 0.454 e. The number of benzene rings is 1.